The van der Waals surface area contributed by atoms with Gasteiger partial charge in [-0.2, -0.15) is 0 Å². The monoisotopic (exact) mass is 526 g/mol. The molecule has 1 aliphatic rings. The Hall–Kier alpha value is -2.23. The van der Waals surface area contributed by atoms with Crippen LogP contribution in [0.4, 0.5) is 4.39 Å². The lowest BCUT2D eigenvalue weighted by molar-refractivity contribution is 0.0633. The average molecular weight is 528 g/mol. The molecule has 0 spiro atoms. The fraction of sp³-hybridized carbons (Fsp3) is 0.238. The van der Waals surface area contributed by atoms with Gasteiger partial charge in [-0.3, -0.25) is 4.79 Å². The minimum atomic E-state index is -4.25. The zero-order chi connectivity index (χ0) is 22.2. The molecule has 1 aromatic heterocycles. The van der Waals surface area contributed by atoms with E-state index in [-0.39, 0.29) is 12.1 Å². The largest absolute Gasteiger partial charge is 0.441 e. The zero-order valence-corrected chi connectivity index (χ0v) is 19.3. The Morgan fingerprint density at radius 2 is 2.00 bits per heavy atom. The van der Waals surface area contributed by atoms with Gasteiger partial charge in [-0.15, -0.1) is 0 Å². The van der Waals surface area contributed by atoms with Gasteiger partial charge in [0.1, 0.15) is 5.76 Å². The van der Waals surface area contributed by atoms with Gasteiger partial charge in [0.05, 0.1) is 23.5 Å². The van der Waals surface area contributed by atoms with Crippen LogP contribution in [0.1, 0.15) is 27.6 Å². The highest BCUT2D eigenvalue weighted by atomic mass is 79.9. The van der Waals surface area contributed by atoms with E-state index in [4.69, 9.17) is 16.0 Å². The van der Waals surface area contributed by atoms with E-state index >= 15 is 4.39 Å². The number of carbonyl (C=O) groups is 1. The van der Waals surface area contributed by atoms with Gasteiger partial charge < -0.3 is 9.32 Å². The number of benzene rings is 2. The number of aromatic nitrogens is 1. The van der Waals surface area contributed by atoms with E-state index in [0.717, 1.165) is 10.5 Å². The van der Waals surface area contributed by atoms with Gasteiger partial charge in [-0.25, -0.2) is 17.8 Å². The lowest BCUT2D eigenvalue weighted by atomic mass is 10.1. The smallest absolute Gasteiger partial charge is 0.302 e. The summed E-state index contributed by atoms with van der Waals surface area (Å²) in [5.74, 6) is -1.31. The molecule has 1 amide bonds. The van der Waals surface area contributed by atoms with Gasteiger partial charge in [0.15, 0.2) is 9.84 Å². The molecule has 10 heteroatoms. The molecule has 0 aliphatic carbocycles. The van der Waals surface area contributed by atoms with Crippen molar-refractivity contribution in [3.05, 3.63) is 87.0 Å². The van der Waals surface area contributed by atoms with Gasteiger partial charge in [-0.05, 0) is 39.7 Å². The standard InChI is InChI=1S/C21H17BrClFN2O4S/c22-17-7-6-15(11-18(17)23)19(27)26-8-9-31(28,29)21(24,13-26)20-25-12-16(30-20)10-14-4-2-1-3-5-14/h1-7,11-12H,8-10,13H2. The molecule has 1 fully saturated rings. The van der Waals surface area contributed by atoms with E-state index in [2.05, 4.69) is 20.9 Å². The number of sulfone groups is 1. The van der Waals surface area contributed by atoms with Crippen molar-refractivity contribution in [3.8, 4) is 0 Å². The van der Waals surface area contributed by atoms with Crippen molar-refractivity contribution >= 4 is 43.3 Å². The number of alkyl halides is 1. The van der Waals surface area contributed by atoms with Crippen molar-refractivity contribution in [1.29, 1.82) is 0 Å². The third-order valence-corrected chi connectivity index (χ3v) is 8.31. The molecule has 6 nitrogen and oxygen atoms in total. The number of halogens is 3. The summed E-state index contributed by atoms with van der Waals surface area (Å²) in [5.41, 5.74) is 1.14. The Morgan fingerprint density at radius 1 is 1.26 bits per heavy atom. The first-order valence-electron chi connectivity index (χ1n) is 9.34. The number of hydrogen-bond acceptors (Lipinski definition) is 5. The molecule has 1 saturated heterocycles. The number of oxazole rings is 1. The van der Waals surface area contributed by atoms with Gasteiger partial charge in [0.25, 0.3) is 5.91 Å². The Morgan fingerprint density at radius 3 is 2.71 bits per heavy atom. The molecule has 0 saturated carbocycles. The zero-order valence-electron chi connectivity index (χ0n) is 16.1. The van der Waals surface area contributed by atoms with Crippen LogP contribution in [0.25, 0.3) is 0 Å². The Bertz CT molecular complexity index is 1240. The number of rotatable bonds is 4. The second kappa shape index (κ2) is 8.37. The maximum atomic E-state index is 15.9. The summed E-state index contributed by atoms with van der Waals surface area (Å²) in [6.07, 6.45) is 1.65. The molecule has 162 valence electrons. The molecule has 2 heterocycles. The lowest BCUT2D eigenvalue weighted by Crippen LogP contribution is -2.53. The third kappa shape index (κ3) is 4.26. The molecule has 31 heavy (non-hydrogen) atoms. The number of nitrogens with zero attached hydrogens (tertiary/aromatic N) is 2. The summed E-state index contributed by atoms with van der Waals surface area (Å²) in [5, 5.41) is -2.62. The number of amides is 1. The second-order valence-electron chi connectivity index (χ2n) is 7.20. The molecule has 0 radical (unpaired) electrons. The van der Waals surface area contributed by atoms with E-state index in [1.165, 1.54) is 18.3 Å². The minimum Gasteiger partial charge on any atom is -0.441 e. The summed E-state index contributed by atoms with van der Waals surface area (Å²) in [6, 6.07) is 13.9. The van der Waals surface area contributed by atoms with Crippen molar-refractivity contribution in [2.24, 2.45) is 0 Å². The van der Waals surface area contributed by atoms with E-state index in [1.54, 1.807) is 6.07 Å². The maximum absolute atomic E-state index is 15.9. The number of carbonyl (C=O) groups excluding carboxylic acids is 1. The Kier molecular flexibility index (Phi) is 5.93. The topological polar surface area (TPSA) is 80.5 Å². The predicted molar refractivity (Wildman–Crippen MR) is 117 cm³/mol. The van der Waals surface area contributed by atoms with Crippen LogP contribution < -0.4 is 0 Å². The van der Waals surface area contributed by atoms with Crippen molar-refractivity contribution in [3.63, 3.8) is 0 Å². The molecule has 2 aromatic carbocycles. The molecule has 1 unspecified atom stereocenters. The summed E-state index contributed by atoms with van der Waals surface area (Å²) < 4.78 is 47.3. The quantitative estimate of drug-likeness (QED) is 0.503. The predicted octanol–water partition coefficient (Wildman–Crippen LogP) is 4.37. The van der Waals surface area contributed by atoms with Gasteiger partial charge in [-0.1, -0.05) is 41.9 Å². The Balaban J connectivity index is 1.61. The van der Waals surface area contributed by atoms with Crippen molar-refractivity contribution in [1.82, 2.24) is 9.88 Å². The summed E-state index contributed by atoms with van der Waals surface area (Å²) in [4.78, 5) is 17.9. The first-order chi connectivity index (χ1) is 14.7. The van der Waals surface area contributed by atoms with Crippen LogP contribution in [0.15, 0.2) is 63.6 Å². The van der Waals surface area contributed by atoms with E-state index in [1.807, 2.05) is 30.3 Å². The molecular weight excluding hydrogens is 511 g/mol. The molecule has 1 aliphatic heterocycles. The first-order valence-corrected chi connectivity index (χ1v) is 12.2. The Labute approximate surface area is 192 Å². The average Bonchev–Trinajstić information content (AvgIpc) is 3.21. The van der Waals surface area contributed by atoms with Crippen molar-refractivity contribution < 1.29 is 22.0 Å². The molecule has 0 bridgehead atoms. The normalized spacial score (nSPS) is 20.5. The highest BCUT2D eigenvalue weighted by molar-refractivity contribution is 9.10. The van der Waals surface area contributed by atoms with Crippen LogP contribution in [-0.4, -0.2) is 43.1 Å². The fourth-order valence-corrected chi connectivity index (χ4v) is 5.28. The molecule has 0 N–H and O–H groups in total. The van der Waals surface area contributed by atoms with Crippen LogP contribution in [0.5, 0.6) is 0 Å². The SMILES string of the molecule is O=C(c1ccc(Br)c(Cl)c1)N1CCS(=O)(=O)C(F)(c2ncc(Cc3ccccc3)o2)C1. The van der Waals surface area contributed by atoms with Crippen LogP contribution in [0, 0.1) is 0 Å². The lowest BCUT2D eigenvalue weighted by Gasteiger charge is -2.35. The highest BCUT2D eigenvalue weighted by Crippen LogP contribution is 2.37. The molecular formula is C21H17BrClFN2O4S. The van der Waals surface area contributed by atoms with E-state index in [9.17, 15) is 13.2 Å². The van der Waals surface area contributed by atoms with Gasteiger partial charge in [0.2, 0.25) is 5.89 Å². The van der Waals surface area contributed by atoms with Crippen LogP contribution in [-0.2, 0) is 21.3 Å². The summed E-state index contributed by atoms with van der Waals surface area (Å²) in [6.45, 7) is -0.856. The van der Waals surface area contributed by atoms with Gasteiger partial charge in [0, 0.05) is 23.0 Å². The third-order valence-electron chi connectivity index (χ3n) is 5.07. The van der Waals surface area contributed by atoms with Crippen LogP contribution >= 0.6 is 27.5 Å². The molecule has 1 atom stereocenters. The molecule has 3 aromatic rings. The highest BCUT2D eigenvalue weighted by Gasteiger charge is 2.55. The first kappa shape index (κ1) is 22.0. The second-order valence-corrected chi connectivity index (χ2v) is 10.7. The van der Waals surface area contributed by atoms with Gasteiger partial charge >= 0.3 is 5.00 Å². The summed E-state index contributed by atoms with van der Waals surface area (Å²) in [7, 11) is -4.25. The van der Waals surface area contributed by atoms with Crippen molar-refractivity contribution in [2.75, 3.05) is 18.8 Å². The van der Waals surface area contributed by atoms with E-state index in [0.29, 0.717) is 21.7 Å². The summed E-state index contributed by atoms with van der Waals surface area (Å²) >= 11 is 9.30. The number of hydrogen-bond donors (Lipinski definition) is 0. The van der Waals surface area contributed by atoms with Crippen molar-refractivity contribution in [2.45, 2.75) is 11.4 Å². The fourth-order valence-electron chi connectivity index (χ4n) is 3.36. The van der Waals surface area contributed by atoms with E-state index < -0.39 is 38.9 Å². The minimum absolute atomic E-state index is 0.141. The van der Waals surface area contributed by atoms with Crippen LogP contribution in [0.2, 0.25) is 5.02 Å². The molecule has 4 rings (SSSR count). The maximum Gasteiger partial charge on any atom is 0.302 e. The van der Waals surface area contributed by atoms with Crippen LogP contribution in [0.3, 0.4) is 0 Å².